The standard InChI is InChI=1S/C27H35N5O/c1-4-22(20-10-6-5-7-11-20)26(33)28-18-19-14-16-21(17-15-19)29-27-30-24-13-9-8-12-23(24)25(31-27)32(2)3/h5-13,19,21-22H,4,14-18H2,1-3H3,(H,28,33)(H,29,30,31). The molecule has 1 aliphatic carbocycles. The highest BCUT2D eigenvalue weighted by molar-refractivity contribution is 5.90. The summed E-state index contributed by atoms with van der Waals surface area (Å²) in [5.41, 5.74) is 2.05. The monoisotopic (exact) mass is 445 g/mol. The molecule has 174 valence electrons. The van der Waals surface area contributed by atoms with Crippen molar-refractivity contribution in [2.45, 2.75) is 51.0 Å². The van der Waals surface area contributed by atoms with Crippen LogP contribution in [0.4, 0.5) is 11.8 Å². The first-order valence-electron chi connectivity index (χ1n) is 12.1. The van der Waals surface area contributed by atoms with E-state index in [0.717, 1.165) is 60.9 Å². The van der Waals surface area contributed by atoms with Crippen LogP contribution in [-0.4, -0.2) is 42.6 Å². The van der Waals surface area contributed by atoms with Gasteiger partial charge in [-0.15, -0.1) is 0 Å². The molecule has 6 nitrogen and oxygen atoms in total. The molecule has 1 fully saturated rings. The summed E-state index contributed by atoms with van der Waals surface area (Å²) in [4.78, 5) is 24.3. The Balaban J connectivity index is 1.30. The number of hydrogen-bond acceptors (Lipinski definition) is 5. The van der Waals surface area contributed by atoms with Gasteiger partial charge in [0.1, 0.15) is 5.82 Å². The van der Waals surface area contributed by atoms with E-state index in [9.17, 15) is 4.79 Å². The van der Waals surface area contributed by atoms with Crippen molar-refractivity contribution in [2.24, 2.45) is 5.92 Å². The number of hydrogen-bond donors (Lipinski definition) is 2. The van der Waals surface area contributed by atoms with Crippen LogP contribution >= 0.6 is 0 Å². The van der Waals surface area contributed by atoms with Crippen LogP contribution in [0.25, 0.3) is 10.9 Å². The van der Waals surface area contributed by atoms with Gasteiger partial charge in [-0.05, 0) is 55.7 Å². The van der Waals surface area contributed by atoms with Gasteiger partial charge in [-0.3, -0.25) is 4.79 Å². The fraction of sp³-hybridized carbons (Fsp3) is 0.444. The van der Waals surface area contributed by atoms with Crippen LogP contribution < -0.4 is 15.5 Å². The van der Waals surface area contributed by atoms with Crippen molar-refractivity contribution in [2.75, 3.05) is 30.9 Å². The van der Waals surface area contributed by atoms with Gasteiger partial charge in [-0.2, -0.15) is 4.98 Å². The van der Waals surface area contributed by atoms with Crippen molar-refractivity contribution in [3.8, 4) is 0 Å². The highest BCUT2D eigenvalue weighted by Gasteiger charge is 2.24. The summed E-state index contributed by atoms with van der Waals surface area (Å²) in [5, 5.41) is 7.85. The topological polar surface area (TPSA) is 70.2 Å². The van der Waals surface area contributed by atoms with Gasteiger partial charge >= 0.3 is 0 Å². The van der Waals surface area contributed by atoms with Gasteiger partial charge in [-0.1, -0.05) is 49.4 Å². The summed E-state index contributed by atoms with van der Waals surface area (Å²) in [6, 6.07) is 18.6. The lowest BCUT2D eigenvalue weighted by Gasteiger charge is -2.30. The molecule has 0 spiro atoms. The molecule has 6 heteroatoms. The number of nitrogens with one attached hydrogen (secondary N) is 2. The Bertz CT molecular complexity index is 1060. The Morgan fingerprint density at radius 2 is 1.70 bits per heavy atom. The predicted octanol–water partition coefficient (Wildman–Crippen LogP) is 4.98. The van der Waals surface area contributed by atoms with E-state index in [1.807, 2.05) is 67.5 Å². The lowest BCUT2D eigenvalue weighted by atomic mass is 9.85. The van der Waals surface area contributed by atoms with E-state index in [2.05, 4.69) is 23.6 Å². The molecule has 2 N–H and O–H groups in total. The molecule has 1 amide bonds. The molecule has 2 aromatic carbocycles. The number of para-hydroxylation sites is 1. The molecular weight excluding hydrogens is 410 g/mol. The second kappa shape index (κ2) is 10.6. The maximum Gasteiger partial charge on any atom is 0.227 e. The summed E-state index contributed by atoms with van der Waals surface area (Å²) in [6.45, 7) is 2.83. The average molecular weight is 446 g/mol. The maximum atomic E-state index is 12.8. The molecule has 0 bridgehead atoms. The third-order valence-electron chi connectivity index (χ3n) is 6.68. The fourth-order valence-electron chi connectivity index (χ4n) is 4.78. The van der Waals surface area contributed by atoms with Gasteiger partial charge in [0, 0.05) is 32.1 Å². The van der Waals surface area contributed by atoms with Crippen molar-refractivity contribution in [1.29, 1.82) is 0 Å². The number of amides is 1. The van der Waals surface area contributed by atoms with Crippen molar-refractivity contribution < 1.29 is 4.79 Å². The first-order valence-corrected chi connectivity index (χ1v) is 12.1. The van der Waals surface area contributed by atoms with Crippen molar-refractivity contribution in [3.63, 3.8) is 0 Å². The Hall–Kier alpha value is -3.15. The maximum absolute atomic E-state index is 12.8. The molecule has 3 aromatic rings. The number of aromatic nitrogens is 2. The van der Waals surface area contributed by atoms with Gasteiger partial charge in [0.2, 0.25) is 11.9 Å². The zero-order chi connectivity index (χ0) is 23.2. The van der Waals surface area contributed by atoms with Gasteiger partial charge in [-0.25, -0.2) is 4.98 Å². The lowest BCUT2D eigenvalue weighted by Crippen LogP contribution is -2.36. The summed E-state index contributed by atoms with van der Waals surface area (Å²) in [5.74, 6) is 2.23. The Morgan fingerprint density at radius 3 is 2.39 bits per heavy atom. The van der Waals surface area contributed by atoms with Crippen LogP contribution in [0, 0.1) is 5.92 Å². The number of anilines is 2. The van der Waals surface area contributed by atoms with E-state index in [4.69, 9.17) is 9.97 Å². The highest BCUT2D eigenvalue weighted by Crippen LogP contribution is 2.28. The van der Waals surface area contributed by atoms with Crippen LogP contribution in [0.3, 0.4) is 0 Å². The number of carbonyl (C=O) groups is 1. The van der Waals surface area contributed by atoms with E-state index >= 15 is 0 Å². The number of rotatable bonds is 8. The van der Waals surface area contributed by atoms with Crippen LogP contribution in [0.1, 0.15) is 50.5 Å². The molecule has 4 rings (SSSR count). The van der Waals surface area contributed by atoms with Crippen molar-refractivity contribution in [3.05, 3.63) is 60.2 Å². The largest absolute Gasteiger partial charge is 0.362 e. The molecule has 1 atom stereocenters. The molecule has 1 unspecified atom stereocenters. The normalized spacial score (nSPS) is 19.1. The van der Waals surface area contributed by atoms with E-state index < -0.39 is 0 Å². The molecule has 1 saturated carbocycles. The molecule has 33 heavy (non-hydrogen) atoms. The minimum absolute atomic E-state index is 0.0693. The first-order chi connectivity index (χ1) is 16.0. The molecule has 1 heterocycles. The highest BCUT2D eigenvalue weighted by atomic mass is 16.1. The number of carbonyl (C=O) groups excluding carboxylic acids is 1. The zero-order valence-corrected chi connectivity index (χ0v) is 19.9. The van der Waals surface area contributed by atoms with Crippen molar-refractivity contribution >= 4 is 28.6 Å². The molecule has 0 saturated heterocycles. The van der Waals surface area contributed by atoms with Gasteiger partial charge < -0.3 is 15.5 Å². The Kier molecular flexibility index (Phi) is 7.43. The van der Waals surface area contributed by atoms with Crippen LogP contribution in [0.5, 0.6) is 0 Å². The third-order valence-corrected chi connectivity index (χ3v) is 6.68. The van der Waals surface area contributed by atoms with E-state index in [-0.39, 0.29) is 11.8 Å². The summed E-state index contributed by atoms with van der Waals surface area (Å²) < 4.78 is 0. The van der Waals surface area contributed by atoms with Crippen LogP contribution in [0.15, 0.2) is 54.6 Å². The SMILES string of the molecule is CCC(C(=O)NCC1CCC(Nc2nc(N(C)C)c3ccccc3n2)CC1)c1ccccc1. The predicted molar refractivity (Wildman–Crippen MR) is 136 cm³/mol. The number of benzene rings is 2. The van der Waals surface area contributed by atoms with E-state index in [0.29, 0.717) is 17.9 Å². The van der Waals surface area contributed by atoms with Gasteiger partial charge in [0.05, 0.1) is 11.4 Å². The van der Waals surface area contributed by atoms with Crippen LogP contribution in [-0.2, 0) is 4.79 Å². The minimum atomic E-state index is -0.0693. The van der Waals surface area contributed by atoms with Crippen molar-refractivity contribution in [1.82, 2.24) is 15.3 Å². The van der Waals surface area contributed by atoms with E-state index in [1.165, 1.54) is 0 Å². The zero-order valence-electron chi connectivity index (χ0n) is 19.9. The van der Waals surface area contributed by atoms with Crippen LogP contribution in [0.2, 0.25) is 0 Å². The summed E-state index contributed by atoms with van der Waals surface area (Å²) >= 11 is 0. The molecule has 0 radical (unpaired) electrons. The smallest absolute Gasteiger partial charge is 0.227 e. The second-order valence-electron chi connectivity index (χ2n) is 9.26. The fourth-order valence-corrected chi connectivity index (χ4v) is 4.78. The lowest BCUT2D eigenvalue weighted by molar-refractivity contribution is -0.122. The third kappa shape index (κ3) is 5.62. The summed E-state index contributed by atoms with van der Waals surface area (Å²) in [7, 11) is 4.03. The summed E-state index contributed by atoms with van der Waals surface area (Å²) in [6.07, 6.45) is 5.11. The Labute approximate surface area is 196 Å². The average Bonchev–Trinajstić information content (AvgIpc) is 2.84. The van der Waals surface area contributed by atoms with E-state index in [1.54, 1.807) is 0 Å². The molecule has 1 aliphatic rings. The number of fused-ring (bicyclic) bond motifs is 1. The van der Waals surface area contributed by atoms with Gasteiger partial charge in [0.25, 0.3) is 0 Å². The number of nitrogens with zero attached hydrogens (tertiary/aromatic N) is 3. The quantitative estimate of drug-likeness (QED) is 0.512. The molecular formula is C27H35N5O. The second-order valence-corrected chi connectivity index (χ2v) is 9.26. The first kappa shape index (κ1) is 23.0. The Morgan fingerprint density at radius 1 is 1.00 bits per heavy atom. The van der Waals surface area contributed by atoms with Gasteiger partial charge in [0.15, 0.2) is 0 Å². The minimum Gasteiger partial charge on any atom is -0.362 e. The molecule has 0 aliphatic heterocycles. The molecule has 1 aromatic heterocycles.